The van der Waals surface area contributed by atoms with Gasteiger partial charge in [0, 0.05) is 38.6 Å². The summed E-state index contributed by atoms with van der Waals surface area (Å²) in [6.45, 7) is 7.24. The molecule has 3 aliphatic heterocycles. The van der Waals surface area contributed by atoms with Gasteiger partial charge in [-0.05, 0) is 49.6 Å². The maximum atomic E-state index is 5.46. The molecule has 3 N–H and O–H groups in total. The predicted molar refractivity (Wildman–Crippen MR) is 118 cm³/mol. The smallest absolute Gasteiger partial charge is 0.154 e. The maximum Gasteiger partial charge on any atom is 0.154 e. The molecule has 158 valence electrons. The van der Waals surface area contributed by atoms with Crippen molar-refractivity contribution in [3.63, 3.8) is 0 Å². The van der Waals surface area contributed by atoms with E-state index in [9.17, 15) is 0 Å². The molecule has 0 aliphatic carbocycles. The highest BCUT2D eigenvalue weighted by atomic mass is 16.5. The van der Waals surface area contributed by atoms with Gasteiger partial charge < -0.3 is 25.6 Å². The summed E-state index contributed by atoms with van der Waals surface area (Å²) in [5.74, 6) is 2.60. The number of hydrogen-bond acceptors (Lipinski definition) is 8. The Morgan fingerprint density at radius 1 is 1.17 bits per heavy atom. The summed E-state index contributed by atoms with van der Waals surface area (Å²) in [6, 6.07) is 2.04. The van der Waals surface area contributed by atoms with E-state index in [1.807, 2.05) is 6.07 Å². The third kappa shape index (κ3) is 4.24. The van der Waals surface area contributed by atoms with Gasteiger partial charge in [0.05, 0.1) is 24.4 Å². The molecule has 2 aromatic heterocycles. The topological polar surface area (TPSA) is 87.2 Å². The average molecular weight is 408 g/mol. The Morgan fingerprint density at radius 2 is 2.07 bits per heavy atom. The minimum Gasteiger partial charge on any atom is -0.378 e. The van der Waals surface area contributed by atoms with E-state index < -0.39 is 0 Å². The number of anilines is 1. The highest BCUT2D eigenvalue weighted by Crippen LogP contribution is 2.25. The van der Waals surface area contributed by atoms with Crippen molar-refractivity contribution >= 4 is 22.4 Å². The Bertz CT molecular complexity index is 946. The number of ether oxygens (including phenoxy) is 1. The molecule has 2 saturated heterocycles. The van der Waals surface area contributed by atoms with Crippen molar-refractivity contribution in [2.24, 2.45) is 5.92 Å². The van der Waals surface area contributed by atoms with Crippen molar-refractivity contribution in [1.29, 1.82) is 0 Å². The molecule has 0 saturated carbocycles. The third-order valence-electron chi connectivity index (χ3n) is 6.00. The highest BCUT2D eigenvalue weighted by molar-refractivity contribution is 5.88. The molecule has 1 atom stereocenters. The van der Waals surface area contributed by atoms with Crippen LogP contribution in [0.1, 0.15) is 18.5 Å². The van der Waals surface area contributed by atoms with E-state index in [2.05, 4.69) is 43.0 Å². The molecule has 3 aliphatic rings. The lowest BCUT2D eigenvalue weighted by atomic mass is 10.00. The van der Waals surface area contributed by atoms with Gasteiger partial charge in [0.25, 0.3) is 0 Å². The Hall–Kier alpha value is -2.71. The average Bonchev–Trinajstić information content (AvgIpc) is 2.84. The molecule has 0 spiro atoms. The van der Waals surface area contributed by atoms with Gasteiger partial charge in [0.2, 0.25) is 0 Å². The molecular weight excluding hydrogens is 378 g/mol. The normalized spacial score (nSPS) is 22.3. The summed E-state index contributed by atoms with van der Waals surface area (Å²) in [5.41, 5.74) is 3.80. The third-order valence-corrected chi connectivity index (χ3v) is 6.00. The first kappa shape index (κ1) is 19.3. The van der Waals surface area contributed by atoms with Crippen LogP contribution in [0.15, 0.2) is 36.4 Å². The minimum atomic E-state index is 0.616. The van der Waals surface area contributed by atoms with Crippen molar-refractivity contribution in [3.05, 3.63) is 42.1 Å². The second-order valence-corrected chi connectivity index (χ2v) is 8.07. The molecule has 8 nitrogen and oxygen atoms in total. The summed E-state index contributed by atoms with van der Waals surface area (Å²) in [6.07, 6.45) is 10.3. The van der Waals surface area contributed by atoms with Crippen LogP contribution in [-0.2, 0) is 4.74 Å². The number of aromatic nitrogens is 3. The Balaban J connectivity index is 1.39. The number of morpholine rings is 1. The summed E-state index contributed by atoms with van der Waals surface area (Å²) in [5, 5.41) is 10.6. The Labute approximate surface area is 176 Å². The van der Waals surface area contributed by atoms with Crippen LogP contribution in [0.4, 0.5) is 5.82 Å². The molecule has 5 heterocycles. The second kappa shape index (κ2) is 8.97. The number of nitrogens with zero attached hydrogens (tertiary/aromatic N) is 4. The van der Waals surface area contributed by atoms with Crippen molar-refractivity contribution in [2.75, 3.05) is 57.8 Å². The summed E-state index contributed by atoms with van der Waals surface area (Å²) < 4.78 is 5.46. The van der Waals surface area contributed by atoms with Crippen LogP contribution in [0, 0.1) is 5.92 Å². The monoisotopic (exact) mass is 407 g/mol. The number of rotatable bonds is 5. The van der Waals surface area contributed by atoms with Gasteiger partial charge in [-0.3, -0.25) is 4.98 Å². The van der Waals surface area contributed by atoms with E-state index in [0.29, 0.717) is 5.92 Å². The van der Waals surface area contributed by atoms with Gasteiger partial charge in [-0.15, -0.1) is 0 Å². The summed E-state index contributed by atoms with van der Waals surface area (Å²) in [7, 11) is 0. The number of allylic oxidation sites excluding steroid dienone is 2. The van der Waals surface area contributed by atoms with Gasteiger partial charge in [-0.25, -0.2) is 9.97 Å². The zero-order valence-electron chi connectivity index (χ0n) is 17.2. The lowest BCUT2D eigenvalue weighted by Gasteiger charge is -2.32. The maximum absolute atomic E-state index is 5.46. The van der Waals surface area contributed by atoms with Crippen LogP contribution in [0.3, 0.4) is 0 Å². The fraction of sp³-hybridized carbons (Fsp3) is 0.500. The molecule has 0 aromatic carbocycles. The molecular formula is C22H29N7O. The number of piperidine rings is 1. The van der Waals surface area contributed by atoms with Crippen LogP contribution in [0.25, 0.3) is 16.6 Å². The standard InChI is InChI=1S/C22H29N7O/c1-2-16(13-23-5-1)14-27-22-21-19(24-6-7-25-21)12-18(28-22)17-3-4-20(26-15-17)29-8-10-30-11-9-29/h3-4,6-7,12,16,23,26H,1-2,5,8-11,13-15H2,(H,27,28)/t16-/m1/s1. The van der Waals surface area contributed by atoms with Gasteiger partial charge in [0.15, 0.2) is 5.82 Å². The largest absolute Gasteiger partial charge is 0.378 e. The molecule has 0 amide bonds. The molecule has 0 radical (unpaired) electrons. The molecule has 0 bridgehead atoms. The minimum absolute atomic E-state index is 0.616. The number of fused-ring (bicyclic) bond motifs is 1. The number of hydrogen-bond donors (Lipinski definition) is 3. The first-order valence-corrected chi connectivity index (χ1v) is 10.9. The van der Waals surface area contributed by atoms with Crippen LogP contribution >= 0.6 is 0 Å². The van der Waals surface area contributed by atoms with E-state index in [-0.39, 0.29) is 0 Å². The van der Waals surface area contributed by atoms with Crippen molar-refractivity contribution in [1.82, 2.24) is 30.5 Å². The number of nitrogens with one attached hydrogen (secondary N) is 3. The van der Waals surface area contributed by atoms with Crippen molar-refractivity contribution in [2.45, 2.75) is 12.8 Å². The predicted octanol–water partition coefficient (Wildman–Crippen LogP) is 1.60. The van der Waals surface area contributed by atoms with Crippen LogP contribution in [0.5, 0.6) is 0 Å². The molecule has 0 unspecified atom stereocenters. The second-order valence-electron chi connectivity index (χ2n) is 8.07. The molecule has 30 heavy (non-hydrogen) atoms. The van der Waals surface area contributed by atoms with Crippen LogP contribution in [0.2, 0.25) is 0 Å². The van der Waals surface area contributed by atoms with Crippen LogP contribution in [-0.4, -0.2) is 72.3 Å². The van der Waals surface area contributed by atoms with Crippen molar-refractivity contribution in [3.8, 4) is 0 Å². The van der Waals surface area contributed by atoms with Gasteiger partial charge in [-0.2, -0.15) is 0 Å². The quantitative estimate of drug-likeness (QED) is 0.689. The Morgan fingerprint density at radius 3 is 2.87 bits per heavy atom. The van der Waals surface area contributed by atoms with Crippen LogP contribution < -0.4 is 16.0 Å². The number of pyridine rings is 1. The summed E-state index contributed by atoms with van der Waals surface area (Å²) >= 11 is 0. The summed E-state index contributed by atoms with van der Waals surface area (Å²) in [4.78, 5) is 16.4. The van der Waals surface area contributed by atoms with E-state index in [1.54, 1.807) is 12.4 Å². The van der Waals surface area contributed by atoms with E-state index in [1.165, 1.54) is 12.8 Å². The first-order chi connectivity index (χ1) is 14.9. The zero-order valence-corrected chi connectivity index (χ0v) is 17.2. The Kier molecular flexibility index (Phi) is 5.76. The van der Waals surface area contributed by atoms with E-state index in [0.717, 1.165) is 86.4 Å². The van der Waals surface area contributed by atoms with Gasteiger partial charge >= 0.3 is 0 Å². The van der Waals surface area contributed by atoms with Gasteiger partial charge in [0.1, 0.15) is 11.3 Å². The van der Waals surface area contributed by atoms with Gasteiger partial charge in [-0.1, -0.05) is 6.08 Å². The molecule has 2 aromatic rings. The zero-order chi connectivity index (χ0) is 20.2. The first-order valence-electron chi connectivity index (χ1n) is 10.9. The molecule has 2 fully saturated rings. The lowest BCUT2D eigenvalue weighted by molar-refractivity contribution is 0.0505. The number of dihydropyridines is 1. The fourth-order valence-electron chi connectivity index (χ4n) is 4.28. The fourth-order valence-corrected chi connectivity index (χ4v) is 4.28. The SMILES string of the molecule is C1=C(c2cc3nccnc3c(NC[C@@H]3CCCNC3)n2)CNC(N2CCOCC2)=C1. The van der Waals surface area contributed by atoms with E-state index >= 15 is 0 Å². The molecule has 5 rings (SSSR count). The van der Waals surface area contributed by atoms with Crippen molar-refractivity contribution < 1.29 is 4.74 Å². The van der Waals surface area contributed by atoms with E-state index in [4.69, 9.17) is 9.72 Å². The molecule has 8 heteroatoms. The highest BCUT2D eigenvalue weighted by Gasteiger charge is 2.19. The lowest BCUT2D eigenvalue weighted by Crippen LogP contribution is -2.41.